The lowest BCUT2D eigenvalue weighted by Gasteiger charge is -2.16. The van der Waals surface area contributed by atoms with Gasteiger partial charge in [0.2, 0.25) is 0 Å². The van der Waals surface area contributed by atoms with Crippen molar-refractivity contribution in [3.05, 3.63) is 24.0 Å². The third kappa shape index (κ3) is 3.68. The van der Waals surface area contributed by atoms with Gasteiger partial charge in [-0.15, -0.1) is 0 Å². The summed E-state index contributed by atoms with van der Waals surface area (Å²) < 4.78 is 5.68. The molecule has 0 amide bonds. The van der Waals surface area contributed by atoms with Gasteiger partial charge in [0.25, 0.3) is 0 Å². The summed E-state index contributed by atoms with van der Waals surface area (Å²) in [5.74, 6) is 0.825. The molecule has 0 bridgehead atoms. The average Bonchev–Trinajstić information content (AvgIpc) is 3.23. The van der Waals surface area contributed by atoms with E-state index in [9.17, 15) is 0 Å². The van der Waals surface area contributed by atoms with Gasteiger partial charge in [0.05, 0.1) is 11.9 Å². The third-order valence-electron chi connectivity index (χ3n) is 3.46. The Hall–Kier alpha value is -1.13. The molecular formula is C14H23N3O. The molecule has 0 aromatic carbocycles. The number of aromatic nitrogens is 1. The van der Waals surface area contributed by atoms with Crippen LogP contribution < -0.4 is 10.5 Å². The second-order valence-corrected chi connectivity index (χ2v) is 4.99. The summed E-state index contributed by atoms with van der Waals surface area (Å²) >= 11 is 0. The predicted molar refractivity (Wildman–Crippen MR) is 72.6 cm³/mol. The van der Waals surface area contributed by atoms with Crippen LogP contribution in [0.5, 0.6) is 5.75 Å². The molecule has 2 rings (SSSR count). The number of rotatable bonds is 7. The first-order valence-electron chi connectivity index (χ1n) is 6.75. The van der Waals surface area contributed by atoms with Crippen molar-refractivity contribution in [2.75, 3.05) is 20.2 Å². The van der Waals surface area contributed by atoms with Gasteiger partial charge in [-0.25, -0.2) is 0 Å². The molecule has 100 valence electrons. The van der Waals surface area contributed by atoms with Crippen LogP contribution in [0.2, 0.25) is 0 Å². The minimum Gasteiger partial charge on any atom is -0.491 e. The minimum absolute atomic E-state index is 0.0278. The fourth-order valence-electron chi connectivity index (χ4n) is 1.91. The van der Waals surface area contributed by atoms with E-state index >= 15 is 0 Å². The molecule has 0 saturated heterocycles. The van der Waals surface area contributed by atoms with Crippen molar-refractivity contribution in [2.45, 2.75) is 38.3 Å². The summed E-state index contributed by atoms with van der Waals surface area (Å²) in [5.41, 5.74) is 6.84. The van der Waals surface area contributed by atoms with Crippen LogP contribution in [-0.2, 0) is 0 Å². The van der Waals surface area contributed by atoms with Crippen LogP contribution in [0.1, 0.15) is 37.9 Å². The van der Waals surface area contributed by atoms with Crippen molar-refractivity contribution in [3.8, 4) is 5.75 Å². The maximum Gasteiger partial charge on any atom is 0.137 e. The molecule has 4 heteroatoms. The van der Waals surface area contributed by atoms with E-state index in [1.54, 1.807) is 6.20 Å². The Labute approximate surface area is 109 Å². The molecular weight excluding hydrogens is 226 g/mol. The van der Waals surface area contributed by atoms with E-state index in [-0.39, 0.29) is 6.04 Å². The van der Waals surface area contributed by atoms with Gasteiger partial charge in [-0.05, 0) is 38.4 Å². The van der Waals surface area contributed by atoms with Crippen LogP contribution in [0.3, 0.4) is 0 Å². The summed E-state index contributed by atoms with van der Waals surface area (Å²) in [5, 5.41) is 0. The first-order valence-corrected chi connectivity index (χ1v) is 6.75. The molecule has 18 heavy (non-hydrogen) atoms. The van der Waals surface area contributed by atoms with Gasteiger partial charge in [0, 0.05) is 18.6 Å². The SMILES string of the molecule is CC[C@H](N)c1ccc(OCCN(C)C2CC2)cn1. The van der Waals surface area contributed by atoms with Gasteiger partial charge in [-0.3, -0.25) is 4.98 Å². The zero-order chi connectivity index (χ0) is 13.0. The topological polar surface area (TPSA) is 51.4 Å². The number of hydrogen-bond donors (Lipinski definition) is 1. The van der Waals surface area contributed by atoms with Crippen molar-refractivity contribution in [3.63, 3.8) is 0 Å². The highest BCUT2D eigenvalue weighted by Gasteiger charge is 2.25. The Morgan fingerprint density at radius 1 is 1.50 bits per heavy atom. The van der Waals surface area contributed by atoms with Crippen LogP contribution >= 0.6 is 0 Å². The Kier molecular flexibility index (Phi) is 4.55. The lowest BCUT2D eigenvalue weighted by Crippen LogP contribution is -2.26. The van der Waals surface area contributed by atoms with E-state index in [1.165, 1.54) is 12.8 Å². The highest BCUT2D eigenvalue weighted by atomic mass is 16.5. The minimum atomic E-state index is 0.0278. The smallest absolute Gasteiger partial charge is 0.137 e. The molecule has 4 nitrogen and oxygen atoms in total. The molecule has 2 N–H and O–H groups in total. The Morgan fingerprint density at radius 2 is 2.28 bits per heavy atom. The predicted octanol–water partition coefficient (Wildman–Crippen LogP) is 1.96. The van der Waals surface area contributed by atoms with Gasteiger partial charge in [0.15, 0.2) is 0 Å². The maximum atomic E-state index is 5.91. The maximum absolute atomic E-state index is 5.91. The zero-order valence-electron chi connectivity index (χ0n) is 11.3. The molecule has 1 fully saturated rings. The van der Waals surface area contributed by atoms with Gasteiger partial charge < -0.3 is 15.4 Å². The number of pyridine rings is 1. The van der Waals surface area contributed by atoms with E-state index < -0.39 is 0 Å². The lowest BCUT2D eigenvalue weighted by molar-refractivity contribution is 0.231. The van der Waals surface area contributed by atoms with Crippen LogP contribution in [0.15, 0.2) is 18.3 Å². The van der Waals surface area contributed by atoms with Gasteiger partial charge in [-0.1, -0.05) is 6.92 Å². The summed E-state index contributed by atoms with van der Waals surface area (Å²) in [4.78, 5) is 6.69. The molecule has 1 aliphatic rings. The van der Waals surface area contributed by atoms with Crippen LogP contribution in [0, 0.1) is 0 Å². The second-order valence-electron chi connectivity index (χ2n) is 4.99. The number of likely N-dealkylation sites (N-methyl/N-ethyl adjacent to an activating group) is 1. The summed E-state index contributed by atoms with van der Waals surface area (Å²) in [6.07, 6.45) is 5.34. The van der Waals surface area contributed by atoms with Crippen LogP contribution in [0.25, 0.3) is 0 Å². The molecule has 0 unspecified atom stereocenters. The van der Waals surface area contributed by atoms with Crippen molar-refractivity contribution in [2.24, 2.45) is 5.73 Å². The second kappa shape index (κ2) is 6.16. The molecule has 1 heterocycles. The molecule has 1 aromatic rings. The van der Waals surface area contributed by atoms with Gasteiger partial charge in [0.1, 0.15) is 12.4 Å². The molecule has 0 aliphatic heterocycles. The number of hydrogen-bond acceptors (Lipinski definition) is 4. The highest BCUT2D eigenvalue weighted by Crippen LogP contribution is 2.24. The molecule has 1 saturated carbocycles. The van der Waals surface area contributed by atoms with Gasteiger partial charge >= 0.3 is 0 Å². The molecule has 1 aromatic heterocycles. The third-order valence-corrected chi connectivity index (χ3v) is 3.46. The van der Waals surface area contributed by atoms with Gasteiger partial charge in [-0.2, -0.15) is 0 Å². The van der Waals surface area contributed by atoms with Crippen LogP contribution in [0.4, 0.5) is 0 Å². The average molecular weight is 249 g/mol. The van der Waals surface area contributed by atoms with Crippen molar-refractivity contribution < 1.29 is 4.74 Å². The summed E-state index contributed by atoms with van der Waals surface area (Å²) in [6.45, 7) is 3.75. The standard InChI is InChI=1S/C14H23N3O/c1-3-13(15)14-7-6-12(10-16-14)18-9-8-17(2)11-4-5-11/h6-7,10-11,13H,3-5,8-9,15H2,1-2H3/t13-/m0/s1. The van der Waals surface area contributed by atoms with Crippen molar-refractivity contribution >= 4 is 0 Å². The van der Waals surface area contributed by atoms with Crippen molar-refractivity contribution in [1.29, 1.82) is 0 Å². The lowest BCUT2D eigenvalue weighted by atomic mass is 10.1. The van der Waals surface area contributed by atoms with Crippen molar-refractivity contribution in [1.82, 2.24) is 9.88 Å². The quantitative estimate of drug-likeness (QED) is 0.802. The monoisotopic (exact) mass is 249 g/mol. The number of ether oxygens (including phenoxy) is 1. The first-order chi connectivity index (χ1) is 8.70. The molecule has 0 spiro atoms. The Morgan fingerprint density at radius 3 is 2.83 bits per heavy atom. The van der Waals surface area contributed by atoms with E-state index in [2.05, 4.69) is 23.9 Å². The number of nitrogens with two attached hydrogens (primary N) is 1. The normalized spacial score (nSPS) is 16.9. The molecule has 1 aliphatic carbocycles. The molecule has 1 atom stereocenters. The fourth-order valence-corrected chi connectivity index (χ4v) is 1.91. The zero-order valence-corrected chi connectivity index (χ0v) is 11.3. The van der Waals surface area contributed by atoms with E-state index in [0.29, 0.717) is 6.61 Å². The first kappa shape index (κ1) is 13.3. The Bertz CT molecular complexity index is 362. The van der Waals surface area contributed by atoms with E-state index in [1.807, 2.05) is 12.1 Å². The molecule has 0 radical (unpaired) electrons. The van der Waals surface area contributed by atoms with E-state index in [4.69, 9.17) is 10.5 Å². The van der Waals surface area contributed by atoms with Crippen LogP contribution in [-0.4, -0.2) is 36.1 Å². The fraction of sp³-hybridized carbons (Fsp3) is 0.643. The number of nitrogens with zero attached hydrogens (tertiary/aromatic N) is 2. The largest absolute Gasteiger partial charge is 0.491 e. The highest BCUT2D eigenvalue weighted by molar-refractivity contribution is 5.21. The Balaban J connectivity index is 1.75. The summed E-state index contributed by atoms with van der Waals surface area (Å²) in [7, 11) is 2.16. The van der Waals surface area contributed by atoms with E-state index in [0.717, 1.165) is 30.5 Å². The summed E-state index contributed by atoms with van der Waals surface area (Å²) in [6, 6.07) is 4.72.